The van der Waals surface area contributed by atoms with Gasteiger partial charge in [-0.25, -0.2) is 0 Å². The molecule has 0 atom stereocenters. The lowest BCUT2D eigenvalue weighted by Crippen LogP contribution is -2.20. The van der Waals surface area contributed by atoms with Gasteiger partial charge in [-0.05, 0) is 48.4 Å². The number of rotatable bonds is 3. The summed E-state index contributed by atoms with van der Waals surface area (Å²) in [7, 11) is 1.89. The molecule has 7 heteroatoms. The van der Waals surface area contributed by atoms with Gasteiger partial charge in [-0.15, -0.1) is 13.2 Å². The molecule has 0 saturated carbocycles. The van der Waals surface area contributed by atoms with Crippen LogP contribution in [0.2, 0.25) is 0 Å². The van der Waals surface area contributed by atoms with Crippen molar-refractivity contribution in [3.8, 4) is 5.75 Å². The monoisotopic (exact) mass is 385 g/mol. The first kappa shape index (κ1) is 18.2. The summed E-state index contributed by atoms with van der Waals surface area (Å²) in [5.41, 5.74) is 4.94. The second-order valence-corrected chi connectivity index (χ2v) is 6.70. The van der Waals surface area contributed by atoms with E-state index in [4.69, 9.17) is 0 Å². The lowest BCUT2D eigenvalue weighted by atomic mass is 9.96. The van der Waals surface area contributed by atoms with Crippen LogP contribution in [0.1, 0.15) is 12.5 Å². The minimum Gasteiger partial charge on any atom is -0.406 e. The van der Waals surface area contributed by atoms with Crippen molar-refractivity contribution >= 4 is 22.2 Å². The smallest absolute Gasteiger partial charge is 0.406 e. The van der Waals surface area contributed by atoms with E-state index in [0.29, 0.717) is 6.54 Å². The minimum absolute atomic E-state index is 0.232. The largest absolute Gasteiger partial charge is 0.573 e. The maximum Gasteiger partial charge on any atom is 0.573 e. The minimum atomic E-state index is -4.69. The summed E-state index contributed by atoms with van der Waals surface area (Å²) in [6, 6.07) is 12.0. The number of ether oxygens (including phenoxy) is 1. The van der Waals surface area contributed by atoms with Crippen LogP contribution in [0.5, 0.6) is 5.75 Å². The van der Waals surface area contributed by atoms with Gasteiger partial charge in [-0.2, -0.15) is 5.10 Å². The van der Waals surface area contributed by atoms with Gasteiger partial charge in [0.25, 0.3) is 0 Å². The van der Waals surface area contributed by atoms with Crippen LogP contribution in [0, 0.1) is 0 Å². The van der Waals surface area contributed by atoms with Crippen LogP contribution >= 0.6 is 0 Å². The summed E-state index contributed by atoms with van der Waals surface area (Å²) in [5, 5.41) is 5.53. The zero-order chi connectivity index (χ0) is 19.9. The average Bonchev–Trinajstić information content (AvgIpc) is 3.01. The molecule has 1 aliphatic rings. The summed E-state index contributed by atoms with van der Waals surface area (Å²) in [6.45, 7) is 2.69. The fourth-order valence-electron chi connectivity index (χ4n) is 3.28. The fraction of sp³-hybridized carbons (Fsp3) is 0.190. The van der Waals surface area contributed by atoms with Crippen LogP contribution in [0.25, 0.3) is 16.5 Å². The molecule has 0 N–H and O–H groups in total. The van der Waals surface area contributed by atoms with Crippen LogP contribution in [0.15, 0.2) is 66.5 Å². The molecule has 0 aliphatic carbocycles. The van der Waals surface area contributed by atoms with E-state index in [0.717, 1.165) is 33.3 Å². The Morgan fingerprint density at radius 2 is 1.82 bits per heavy atom. The van der Waals surface area contributed by atoms with E-state index >= 15 is 0 Å². The van der Waals surface area contributed by atoms with E-state index < -0.39 is 6.36 Å². The Morgan fingerprint density at radius 1 is 1.07 bits per heavy atom. The third kappa shape index (κ3) is 3.74. The highest BCUT2D eigenvalue weighted by molar-refractivity contribution is 5.88. The maximum atomic E-state index is 12.3. The van der Waals surface area contributed by atoms with Gasteiger partial charge in [0.15, 0.2) is 0 Å². The van der Waals surface area contributed by atoms with Gasteiger partial charge >= 0.3 is 6.36 Å². The standard InChI is InChI=1S/C21H18F3N3O/c1-14-9-10-27(17-5-7-18(8-6-17)28-21(22,23)24)13-19(14)15-3-4-16-12-26(2)25-20(16)11-15/h3-9,11-13H,10H2,1-2H3. The molecule has 1 aliphatic heterocycles. The summed E-state index contributed by atoms with van der Waals surface area (Å²) in [5.74, 6) is -0.232. The Hall–Kier alpha value is -3.22. The Morgan fingerprint density at radius 3 is 2.54 bits per heavy atom. The molecule has 0 saturated heterocycles. The molecule has 4 nitrogen and oxygen atoms in total. The van der Waals surface area contributed by atoms with Crippen LogP contribution in [0.4, 0.5) is 18.9 Å². The molecule has 0 amide bonds. The van der Waals surface area contributed by atoms with Crippen molar-refractivity contribution in [1.29, 1.82) is 0 Å². The number of aryl methyl sites for hydroxylation is 1. The van der Waals surface area contributed by atoms with Gasteiger partial charge in [-0.1, -0.05) is 18.2 Å². The van der Waals surface area contributed by atoms with Crippen LogP contribution < -0.4 is 9.64 Å². The quantitative estimate of drug-likeness (QED) is 0.615. The van der Waals surface area contributed by atoms with Gasteiger partial charge in [0.05, 0.1) is 5.52 Å². The molecule has 1 aromatic heterocycles. The predicted octanol–water partition coefficient (Wildman–Crippen LogP) is 5.28. The summed E-state index contributed by atoms with van der Waals surface area (Å²) < 4.78 is 42.7. The van der Waals surface area contributed by atoms with Crippen molar-refractivity contribution in [2.24, 2.45) is 7.05 Å². The molecule has 0 radical (unpaired) electrons. The summed E-state index contributed by atoms with van der Waals surface area (Å²) in [6.07, 6.45) is 1.38. The van der Waals surface area contributed by atoms with E-state index in [2.05, 4.69) is 22.0 Å². The Labute approximate surface area is 160 Å². The number of fused-ring (bicyclic) bond motifs is 1. The third-order valence-electron chi connectivity index (χ3n) is 4.64. The number of benzene rings is 2. The number of nitrogens with zero attached hydrogens (tertiary/aromatic N) is 3. The van der Waals surface area contributed by atoms with Crippen LogP contribution in [-0.4, -0.2) is 22.7 Å². The Kier molecular flexibility index (Phi) is 4.37. The molecule has 0 spiro atoms. The van der Waals surface area contributed by atoms with Crippen molar-refractivity contribution < 1.29 is 17.9 Å². The number of hydrogen-bond donors (Lipinski definition) is 0. The first-order valence-electron chi connectivity index (χ1n) is 8.74. The molecule has 28 heavy (non-hydrogen) atoms. The average molecular weight is 385 g/mol. The molecule has 0 fully saturated rings. The van der Waals surface area contributed by atoms with Crippen LogP contribution in [-0.2, 0) is 7.05 Å². The molecule has 0 bridgehead atoms. The lowest BCUT2D eigenvalue weighted by Gasteiger charge is -2.26. The Balaban J connectivity index is 1.63. The van der Waals surface area contributed by atoms with Crippen molar-refractivity contribution in [3.05, 3.63) is 72.1 Å². The molecular formula is C21H18F3N3O. The number of aromatic nitrogens is 2. The molecule has 2 heterocycles. The fourth-order valence-corrected chi connectivity index (χ4v) is 3.28. The molecule has 0 unspecified atom stereocenters. The molecule has 4 rings (SSSR count). The van der Waals surface area contributed by atoms with Crippen molar-refractivity contribution in [2.75, 3.05) is 11.4 Å². The first-order chi connectivity index (χ1) is 13.3. The number of alkyl halides is 3. The van der Waals surface area contributed by atoms with Crippen molar-refractivity contribution in [3.63, 3.8) is 0 Å². The molecule has 3 aromatic rings. The van der Waals surface area contributed by atoms with E-state index in [1.165, 1.54) is 12.1 Å². The first-order valence-corrected chi connectivity index (χ1v) is 8.74. The van der Waals surface area contributed by atoms with E-state index in [9.17, 15) is 13.2 Å². The summed E-state index contributed by atoms with van der Waals surface area (Å²) >= 11 is 0. The number of allylic oxidation sites excluding steroid dienone is 2. The van der Waals surface area contributed by atoms with E-state index in [1.807, 2.05) is 43.4 Å². The molecule has 2 aromatic carbocycles. The van der Waals surface area contributed by atoms with Gasteiger partial charge in [-0.3, -0.25) is 4.68 Å². The lowest BCUT2D eigenvalue weighted by molar-refractivity contribution is -0.274. The zero-order valence-electron chi connectivity index (χ0n) is 15.4. The highest BCUT2D eigenvalue weighted by Gasteiger charge is 2.31. The summed E-state index contributed by atoms with van der Waals surface area (Å²) in [4.78, 5) is 1.99. The topological polar surface area (TPSA) is 30.3 Å². The zero-order valence-corrected chi connectivity index (χ0v) is 15.4. The number of halogens is 3. The van der Waals surface area contributed by atoms with Gasteiger partial charge in [0.2, 0.25) is 0 Å². The van der Waals surface area contributed by atoms with E-state index in [-0.39, 0.29) is 5.75 Å². The second kappa shape index (κ2) is 6.74. The molecule has 144 valence electrons. The van der Waals surface area contributed by atoms with Gasteiger partial charge in [0.1, 0.15) is 5.75 Å². The van der Waals surface area contributed by atoms with E-state index in [1.54, 1.807) is 16.8 Å². The second-order valence-electron chi connectivity index (χ2n) is 6.70. The molecular weight excluding hydrogens is 367 g/mol. The third-order valence-corrected chi connectivity index (χ3v) is 4.64. The maximum absolute atomic E-state index is 12.3. The highest BCUT2D eigenvalue weighted by Crippen LogP contribution is 2.32. The van der Waals surface area contributed by atoms with Gasteiger partial charge in [0, 0.05) is 42.6 Å². The van der Waals surface area contributed by atoms with Crippen molar-refractivity contribution in [2.45, 2.75) is 13.3 Å². The Bertz CT molecular complexity index is 1080. The van der Waals surface area contributed by atoms with Gasteiger partial charge < -0.3 is 9.64 Å². The number of anilines is 1. The highest BCUT2D eigenvalue weighted by atomic mass is 19.4. The number of hydrogen-bond acceptors (Lipinski definition) is 3. The normalized spacial score (nSPS) is 14.8. The predicted molar refractivity (Wildman–Crippen MR) is 103 cm³/mol. The SMILES string of the molecule is CC1=CCN(c2ccc(OC(F)(F)F)cc2)C=C1c1ccc2cn(C)nc2c1. The van der Waals surface area contributed by atoms with Crippen molar-refractivity contribution in [1.82, 2.24) is 9.78 Å². The van der Waals surface area contributed by atoms with Crippen LogP contribution in [0.3, 0.4) is 0 Å².